The van der Waals surface area contributed by atoms with Crippen molar-refractivity contribution in [2.75, 3.05) is 12.0 Å². The average molecular weight is 448 g/mol. The number of thiocarbonyl (C=S) groups is 1. The number of carbonyl (C=O) groups excluding carboxylic acids is 1. The number of thioether (sulfide) groups is 1. The molecule has 156 valence electrons. The quantitative estimate of drug-likeness (QED) is 0.343. The Balaban J connectivity index is 1.64. The lowest BCUT2D eigenvalue weighted by Gasteiger charge is -2.15. The molecule has 0 unspecified atom stereocenters. The van der Waals surface area contributed by atoms with E-state index in [-0.39, 0.29) is 5.91 Å². The monoisotopic (exact) mass is 447 g/mol. The molecule has 3 aromatic carbocycles. The third-order valence-electron chi connectivity index (χ3n) is 4.79. The molecule has 3 aromatic rings. The van der Waals surface area contributed by atoms with Crippen molar-refractivity contribution in [2.24, 2.45) is 0 Å². The molecule has 1 aliphatic heterocycles. The molecular formula is C25H21NO3S2. The second kappa shape index (κ2) is 9.37. The van der Waals surface area contributed by atoms with E-state index in [4.69, 9.17) is 21.7 Å². The van der Waals surface area contributed by atoms with E-state index in [1.54, 1.807) is 12.0 Å². The molecule has 4 nitrogen and oxygen atoms in total. The van der Waals surface area contributed by atoms with Gasteiger partial charge in [0.15, 0.2) is 4.32 Å². The number of hydrogen-bond acceptors (Lipinski definition) is 5. The molecule has 0 radical (unpaired) electrons. The van der Waals surface area contributed by atoms with Crippen LogP contribution in [0.5, 0.6) is 11.5 Å². The number of amides is 1. The molecule has 0 saturated carbocycles. The summed E-state index contributed by atoms with van der Waals surface area (Å²) in [4.78, 5) is 15.3. The molecule has 0 aromatic heterocycles. The molecule has 0 aliphatic carbocycles. The van der Waals surface area contributed by atoms with Crippen LogP contribution in [0.1, 0.15) is 16.7 Å². The minimum atomic E-state index is -0.141. The van der Waals surface area contributed by atoms with Crippen molar-refractivity contribution in [1.29, 1.82) is 0 Å². The summed E-state index contributed by atoms with van der Waals surface area (Å²) in [6, 6.07) is 23.3. The molecule has 6 heteroatoms. The summed E-state index contributed by atoms with van der Waals surface area (Å²) >= 11 is 6.79. The van der Waals surface area contributed by atoms with Gasteiger partial charge >= 0.3 is 0 Å². The maximum absolute atomic E-state index is 13.2. The summed E-state index contributed by atoms with van der Waals surface area (Å²) in [6.07, 6.45) is 1.82. The average Bonchev–Trinajstić information content (AvgIpc) is 3.06. The lowest BCUT2D eigenvalue weighted by molar-refractivity contribution is -0.113. The SMILES string of the molecule is COc1ccc(OCc2ccccc2)c(C=C2SC(=S)N(c3cccc(C)c3)C2=O)c1. The second-order valence-electron chi connectivity index (χ2n) is 7.03. The zero-order chi connectivity index (χ0) is 21.8. The minimum Gasteiger partial charge on any atom is -0.497 e. The first-order chi connectivity index (χ1) is 15.0. The summed E-state index contributed by atoms with van der Waals surface area (Å²) in [5.74, 6) is 1.22. The maximum atomic E-state index is 13.2. The van der Waals surface area contributed by atoms with Crippen LogP contribution in [0.15, 0.2) is 77.7 Å². The molecule has 4 rings (SSSR count). The highest BCUT2D eigenvalue weighted by Gasteiger charge is 2.33. The van der Waals surface area contributed by atoms with Gasteiger partial charge in [-0.05, 0) is 54.5 Å². The molecule has 1 heterocycles. The number of carbonyl (C=O) groups is 1. The topological polar surface area (TPSA) is 38.8 Å². The number of hydrogen-bond donors (Lipinski definition) is 0. The number of benzene rings is 3. The van der Waals surface area contributed by atoms with Gasteiger partial charge in [0.1, 0.15) is 18.1 Å². The molecule has 1 fully saturated rings. The van der Waals surface area contributed by atoms with Crippen LogP contribution in [0.2, 0.25) is 0 Å². The van der Waals surface area contributed by atoms with E-state index in [1.165, 1.54) is 11.8 Å². The number of ether oxygens (including phenoxy) is 2. The van der Waals surface area contributed by atoms with E-state index in [9.17, 15) is 4.79 Å². The first kappa shape index (κ1) is 21.2. The highest BCUT2D eigenvalue weighted by Crippen LogP contribution is 2.38. The molecular weight excluding hydrogens is 426 g/mol. The first-order valence-corrected chi connectivity index (χ1v) is 11.0. The molecule has 1 aliphatic rings. The highest BCUT2D eigenvalue weighted by molar-refractivity contribution is 8.27. The van der Waals surface area contributed by atoms with Gasteiger partial charge in [0.25, 0.3) is 5.91 Å². The van der Waals surface area contributed by atoms with Crippen LogP contribution in [0.4, 0.5) is 5.69 Å². The summed E-state index contributed by atoms with van der Waals surface area (Å²) in [5.41, 5.74) is 3.67. The Kier molecular flexibility index (Phi) is 6.39. The summed E-state index contributed by atoms with van der Waals surface area (Å²) < 4.78 is 11.9. The van der Waals surface area contributed by atoms with Crippen LogP contribution in [-0.4, -0.2) is 17.3 Å². The summed E-state index contributed by atoms with van der Waals surface area (Å²) in [6.45, 7) is 2.42. The van der Waals surface area contributed by atoms with Crippen molar-refractivity contribution < 1.29 is 14.3 Å². The summed E-state index contributed by atoms with van der Waals surface area (Å²) in [5, 5.41) is 0. The third kappa shape index (κ3) is 4.81. The van der Waals surface area contributed by atoms with Crippen LogP contribution in [0, 0.1) is 6.92 Å². The number of nitrogens with zero attached hydrogens (tertiary/aromatic N) is 1. The Morgan fingerprint density at radius 3 is 2.58 bits per heavy atom. The van der Waals surface area contributed by atoms with Gasteiger partial charge in [0, 0.05) is 5.56 Å². The van der Waals surface area contributed by atoms with Gasteiger partial charge < -0.3 is 9.47 Å². The fourth-order valence-electron chi connectivity index (χ4n) is 3.23. The molecule has 0 bridgehead atoms. The van der Waals surface area contributed by atoms with Gasteiger partial charge in [0.2, 0.25) is 0 Å². The van der Waals surface area contributed by atoms with Crippen molar-refractivity contribution in [2.45, 2.75) is 13.5 Å². The Labute approximate surface area is 191 Å². The normalized spacial score (nSPS) is 14.9. The van der Waals surface area contributed by atoms with E-state index >= 15 is 0 Å². The second-order valence-corrected chi connectivity index (χ2v) is 8.71. The Morgan fingerprint density at radius 2 is 1.84 bits per heavy atom. The van der Waals surface area contributed by atoms with Crippen LogP contribution in [0.3, 0.4) is 0 Å². The molecule has 0 spiro atoms. The van der Waals surface area contributed by atoms with Gasteiger partial charge in [-0.2, -0.15) is 0 Å². The standard InChI is InChI=1S/C25H21NO3S2/c1-17-7-6-10-20(13-17)26-24(27)23(31-25(26)30)15-19-14-21(28-2)11-12-22(19)29-16-18-8-4-3-5-9-18/h3-15H,16H2,1-2H3. The van der Waals surface area contributed by atoms with Gasteiger partial charge in [-0.1, -0.05) is 66.4 Å². The smallest absolute Gasteiger partial charge is 0.270 e. The molecule has 0 N–H and O–H groups in total. The highest BCUT2D eigenvalue weighted by atomic mass is 32.2. The summed E-state index contributed by atoms with van der Waals surface area (Å²) in [7, 11) is 1.61. The Morgan fingerprint density at radius 1 is 1.03 bits per heavy atom. The molecule has 31 heavy (non-hydrogen) atoms. The van der Waals surface area contributed by atoms with Gasteiger partial charge in [-0.25, -0.2) is 0 Å². The van der Waals surface area contributed by atoms with Crippen molar-refractivity contribution in [3.63, 3.8) is 0 Å². The molecule has 1 saturated heterocycles. The van der Waals surface area contributed by atoms with E-state index in [1.807, 2.05) is 85.8 Å². The van der Waals surface area contributed by atoms with E-state index in [2.05, 4.69) is 0 Å². The van der Waals surface area contributed by atoms with Crippen LogP contribution >= 0.6 is 24.0 Å². The fraction of sp³-hybridized carbons (Fsp3) is 0.120. The number of aryl methyl sites for hydroxylation is 1. The lowest BCUT2D eigenvalue weighted by atomic mass is 10.1. The largest absolute Gasteiger partial charge is 0.497 e. The number of methoxy groups -OCH3 is 1. The predicted molar refractivity (Wildman–Crippen MR) is 131 cm³/mol. The minimum absolute atomic E-state index is 0.141. The Bertz CT molecular complexity index is 1160. The van der Waals surface area contributed by atoms with Crippen LogP contribution in [0.25, 0.3) is 6.08 Å². The van der Waals surface area contributed by atoms with Gasteiger partial charge in [0.05, 0.1) is 17.7 Å². The predicted octanol–water partition coefficient (Wildman–Crippen LogP) is 5.99. The fourth-order valence-corrected chi connectivity index (χ4v) is 4.52. The van der Waals surface area contributed by atoms with E-state index < -0.39 is 0 Å². The number of anilines is 1. The lowest BCUT2D eigenvalue weighted by Crippen LogP contribution is -2.27. The van der Waals surface area contributed by atoms with Crippen LogP contribution < -0.4 is 14.4 Å². The van der Waals surface area contributed by atoms with Crippen LogP contribution in [-0.2, 0) is 11.4 Å². The maximum Gasteiger partial charge on any atom is 0.270 e. The third-order valence-corrected chi connectivity index (χ3v) is 6.10. The van der Waals surface area contributed by atoms with E-state index in [0.29, 0.717) is 27.3 Å². The van der Waals surface area contributed by atoms with Gasteiger partial charge in [-0.15, -0.1) is 0 Å². The first-order valence-electron chi connectivity index (χ1n) is 9.74. The molecule has 1 amide bonds. The van der Waals surface area contributed by atoms with Crippen molar-refractivity contribution in [1.82, 2.24) is 0 Å². The van der Waals surface area contributed by atoms with Crippen molar-refractivity contribution in [3.05, 3.63) is 94.4 Å². The number of rotatable bonds is 6. The molecule has 0 atom stereocenters. The zero-order valence-corrected chi connectivity index (χ0v) is 18.8. The van der Waals surface area contributed by atoms with Crippen molar-refractivity contribution in [3.8, 4) is 11.5 Å². The zero-order valence-electron chi connectivity index (χ0n) is 17.2. The van der Waals surface area contributed by atoms with E-state index in [0.717, 1.165) is 22.4 Å². The van der Waals surface area contributed by atoms with Gasteiger partial charge in [-0.3, -0.25) is 9.69 Å². The van der Waals surface area contributed by atoms with Crippen molar-refractivity contribution >= 4 is 46.0 Å². The Hall–Kier alpha value is -3.09.